The van der Waals surface area contributed by atoms with E-state index < -0.39 is 0 Å². The third-order valence-electron chi connectivity index (χ3n) is 7.77. The fourth-order valence-electron chi connectivity index (χ4n) is 5.38. The van der Waals surface area contributed by atoms with Crippen LogP contribution in [0.5, 0.6) is 0 Å². The molecular formula is C32H32ClN7O. The van der Waals surface area contributed by atoms with Gasteiger partial charge in [-0.25, -0.2) is 4.98 Å². The molecule has 0 unspecified atom stereocenters. The molecule has 9 heteroatoms. The summed E-state index contributed by atoms with van der Waals surface area (Å²) >= 11 is 7.17. The lowest BCUT2D eigenvalue weighted by Crippen LogP contribution is -2.44. The molecule has 0 aliphatic carbocycles. The number of anilines is 2. The van der Waals surface area contributed by atoms with Crippen molar-refractivity contribution in [1.29, 1.82) is 0 Å². The van der Waals surface area contributed by atoms with Crippen LogP contribution in [0.3, 0.4) is 0 Å². The first kappa shape index (κ1) is 26.8. The maximum Gasteiger partial charge on any atom is 0.247 e. The van der Waals surface area contributed by atoms with Crippen LogP contribution in [0, 0.1) is 6.92 Å². The number of carbonyl (C=O) groups is 1. The standard InChI is InChI=1S/C32H32ClN7O/c1-5-27(41)36-26-16-22(7-6-20(26)2)28-29-30(33)25(23-17-35-39(4)19-23)18-34-32(29)37-31(28)21-8-10-24(11-9-21)40-14-12-38(3)13-15-40/h5-11,16-19H,1,12-15H2,2-4H3,(H,34,37)(H,36,41). The van der Waals surface area contributed by atoms with E-state index in [-0.39, 0.29) is 5.91 Å². The fourth-order valence-corrected chi connectivity index (χ4v) is 5.73. The molecule has 5 aromatic rings. The maximum absolute atomic E-state index is 12.2. The second-order valence-corrected chi connectivity index (χ2v) is 10.9. The topological polar surface area (TPSA) is 82.1 Å². The lowest BCUT2D eigenvalue weighted by atomic mass is 9.96. The van der Waals surface area contributed by atoms with Crippen molar-refractivity contribution >= 4 is 39.9 Å². The Bertz CT molecular complexity index is 1760. The summed E-state index contributed by atoms with van der Waals surface area (Å²) in [7, 11) is 4.04. The van der Waals surface area contributed by atoms with Gasteiger partial charge in [0.1, 0.15) is 5.65 Å². The summed E-state index contributed by atoms with van der Waals surface area (Å²) in [5, 5.41) is 8.66. The highest BCUT2D eigenvalue weighted by atomic mass is 35.5. The molecule has 2 N–H and O–H groups in total. The molecule has 1 saturated heterocycles. The van der Waals surface area contributed by atoms with Crippen molar-refractivity contribution in [2.45, 2.75) is 6.92 Å². The van der Waals surface area contributed by atoms with Crippen LogP contribution in [0.15, 0.2) is 73.7 Å². The number of pyridine rings is 1. The lowest BCUT2D eigenvalue weighted by molar-refractivity contribution is -0.111. The SMILES string of the molecule is C=CC(=O)Nc1cc(-c2c(-c3ccc(N4CCN(C)CC4)cc3)[nH]c3ncc(-c4cnn(C)c4)c(Cl)c23)ccc1C. The number of nitrogens with zero attached hydrogens (tertiary/aromatic N) is 5. The Morgan fingerprint density at radius 2 is 1.76 bits per heavy atom. The second kappa shape index (κ2) is 10.9. The molecule has 0 spiro atoms. The van der Waals surface area contributed by atoms with Crippen molar-refractivity contribution in [3.8, 4) is 33.5 Å². The Hall–Kier alpha value is -4.40. The second-order valence-electron chi connectivity index (χ2n) is 10.5. The number of nitrogens with one attached hydrogen (secondary N) is 2. The van der Waals surface area contributed by atoms with Gasteiger partial charge in [0.15, 0.2) is 0 Å². The number of rotatable bonds is 6. The van der Waals surface area contributed by atoms with Crippen molar-refractivity contribution in [1.82, 2.24) is 24.6 Å². The summed E-state index contributed by atoms with van der Waals surface area (Å²) in [6.07, 6.45) is 6.76. The van der Waals surface area contributed by atoms with Crippen LogP contribution in [-0.4, -0.2) is 63.8 Å². The molecule has 1 amide bonds. The minimum Gasteiger partial charge on any atom is -0.369 e. The lowest BCUT2D eigenvalue weighted by Gasteiger charge is -2.34. The number of halogens is 1. The van der Waals surface area contributed by atoms with Crippen molar-refractivity contribution in [3.05, 3.63) is 84.3 Å². The van der Waals surface area contributed by atoms with Crippen LogP contribution < -0.4 is 10.2 Å². The quantitative estimate of drug-likeness (QED) is 0.242. The number of likely N-dealkylation sites (N-methyl/N-ethyl adjacent to an activating group) is 1. The third kappa shape index (κ3) is 5.12. The fraction of sp³-hybridized carbons (Fsp3) is 0.219. The van der Waals surface area contributed by atoms with Gasteiger partial charge in [-0.1, -0.05) is 42.4 Å². The maximum atomic E-state index is 12.2. The number of hydrogen-bond acceptors (Lipinski definition) is 5. The molecule has 0 atom stereocenters. The van der Waals surface area contributed by atoms with Gasteiger partial charge in [-0.15, -0.1) is 0 Å². The van der Waals surface area contributed by atoms with Crippen LogP contribution in [0.25, 0.3) is 44.5 Å². The van der Waals surface area contributed by atoms with Gasteiger partial charge in [-0.05, 0) is 54.9 Å². The number of piperazine rings is 1. The number of benzene rings is 2. The van der Waals surface area contributed by atoms with Gasteiger partial charge in [-0.3, -0.25) is 9.48 Å². The molecule has 4 heterocycles. The van der Waals surface area contributed by atoms with E-state index in [4.69, 9.17) is 16.6 Å². The number of fused-ring (bicyclic) bond motifs is 1. The molecule has 0 saturated carbocycles. The summed E-state index contributed by atoms with van der Waals surface area (Å²) in [6, 6.07) is 14.7. The number of amides is 1. The normalized spacial score (nSPS) is 14.0. The number of aromatic nitrogens is 4. The molecule has 1 aliphatic heterocycles. The van der Waals surface area contributed by atoms with E-state index in [1.807, 2.05) is 32.3 Å². The van der Waals surface area contributed by atoms with Gasteiger partial charge in [0, 0.05) is 79.1 Å². The molecule has 1 aliphatic rings. The largest absolute Gasteiger partial charge is 0.369 e. The van der Waals surface area contributed by atoms with Gasteiger partial charge in [0.05, 0.1) is 16.9 Å². The highest BCUT2D eigenvalue weighted by molar-refractivity contribution is 6.39. The van der Waals surface area contributed by atoms with Gasteiger partial charge in [0.25, 0.3) is 0 Å². The molecule has 0 radical (unpaired) electrons. The summed E-state index contributed by atoms with van der Waals surface area (Å²) in [6.45, 7) is 9.67. The van der Waals surface area contributed by atoms with Gasteiger partial charge in [0.2, 0.25) is 5.91 Å². The molecule has 3 aromatic heterocycles. The van der Waals surface area contributed by atoms with E-state index in [0.29, 0.717) is 16.4 Å². The molecule has 6 rings (SSSR count). The summed E-state index contributed by atoms with van der Waals surface area (Å²) in [5.41, 5.74) is 9.01. The Balaban J connectivity index is 1.52. The third-order valence-corrected chi connectivity index (χ3v) is 8.16. The monoisotopic (exact) mass is 565 g/mol. The van der Waals surface area contributed by atoms with E-state index >= 15 is 0 Å². The highest BCUT2D eigenvalue weighted by Gasteiger charge is 2.22. The van der Waals surface area contributed by atoms with Crippen LogP contribution >= 0.6 is 11.6 Å². The zero-order chi connectivity index (χ0) is 28.7. The predicted octanol–water partition coefficient (Wildman–Crippen LogP) is 6.14. The Labute approximate surface area is 244 Å². The van der Waals surface area contributed by atoms with Crippen LogP contribution in [0.1, 0.15) is 5.56 Å². The van der Waals surface area contributed by atoms with Crippen LogP contribution in [0.2, 0.25) is 5.02 Å². The molecular weight excluding hydrogens is 534 g/mol. The minimum absolute atomic E-state index is 0.262. The van der Waals surface area contributed by atoms with Gasteiger partial charge < -0.3 is 20.1 Å². The molecule has 2 aromatic carbocycles. The molecule has 1 fully saturated rings. The first-order chi connectivity index (χ1) is 19.8. The van der Waals surface area contributed by atoms with Gasteiger partial charge >= 0.3 is 0 Å². The molecule has 0 bridgehead atoms. The van der Waals surface area contributed by atoms with Crippen molar-refractivity contribution < 1.29 is 4.79 Å². The van der Waals surface area contributed by atoms with Crippen molar-refractivity contribution in [2.75, 3.05) is 43.4 Å². The Kier molecular flexibility index (Phi) is 7.11. The zero-order valence-corrected chi connectivity index (χ0v) is 24.2. The number of H-pyrrole nitrogens is 1. The van der Waals surface area contributed by atoms with Crippen LogP contribution in [-0.2, 0) is 11.8 Å². The summed E-state index contributed by atoms with van der Waals surface area (Å²) < 4.78 is 1.75. The predicted molar refractivity (Wildman–Crippen MR) is 167 cm³/mol. The smallest absolute Gasteiger partial charge is 0.247 e. The number of hydrogen-bond donors (Lipinski definition) is 2. The average molecular weight is 566 g/mol. The Morgan fingerprint density at radius 3 is 2.44 bits per heavy atom. The number of aromatic amines is 1. The first-order valence-electron chi connectivity index (χ1n) is 13.6. The molecule has 41 heavy (non-hydrogen) atoms. The first-order valence-corrected chi connectivity index (χ1v) is 14.0. The number of aryl methyl sites for hydroxylation is 2. The van der Waals surface area contributed by atoms with E-state index in [1.54, 1.807) is 17.1 Å². The summed E-state index contributed by atoms with van der Waals surface area (Å²) in [5.74, 6) is -0.262. The van der Waals surface area contributed by atoms with E-state index in [2.05, 4.69) is 69.2 Å². The minimum atomic E-state index is -0.262. The molecule has 208 valence electrons. The summed E-state index contributed by atoms with van der Waals surface area (Å²) in [4.78, 5) is 25.3. The van der Waals surface area contributed by atoms with E-state index in [1.165, 1.54) is 11.8 Å². The van der Waals surface area contributed by atoms with E-state index in [9.17, 15) is 4.79 Å². The molecule has 8 nitrogen and oxygen atoms in total. The Morgan fingerprint density at radius 1 is 1.02 bits per heavy atom. The van der Waals surface area contributed by atoms with Gasteiger partial charge in [-0.2, -0.15) is 5.10 Å². The average Bonchev–Trinajstić information content (AvgIpc) is 3.59. The zero-order valence-electron chi connectivity index (χ0n) is 23.4. The van der Waals surface area contributed by atoms with E-state index in [0.717, 1.165) is 70.6 Å². The number of carbonyl (C=O) groups excluding carboxylic acids is 1. The van der Waals surface area contributed by atoms with Crippen molar-refractivity contribution in [2.24, 2.45) is 7.05 Å². The van der Waals surface area contributed by atoms with Crippen LogP contribution in [0.4, 0.5) is 11.4 Å². The van der Waals surface area contributed by atoms with Crippen molar-refractivity contribution in [3.63, 3.8) is 0 Å². The highest BCUT2D eigenvalue weighted by Crippen LogP contribution is 2.44.